The van der Waals surface area contributed by atoms with Crippen LogP contribution in [0.5, 0.6) is 11.6 Å². The second-order valence-corrected chi connectivity index (χ2v) is 7.97. The van der Waals surface area contributed by atoms with Gasteiger partial charge in [0.2, 0.25) is 17.8 Å². The number of nitrogens with one attached hydrogen (secondary N) is 1. The molecule has 3 heterocycles. The molecular formula is C23H19ClN6O4. The average molecular weight is 479 g/mol. The molecule has 0 fully saturated rings. The molecule has 4 aromatic rings. The number of aromatic nitrogens is 3. The van der Waals surface area contributed by atoms with Crippen molar-refractivity contribution in [2.75, 3.05) is 11.9 Å². The topological polar surface area (TPSA) is 119 Å². The molecule has 0 spiro atoms. The van der Waals surface area contributed by atoms with Crippen LogP contribution in [-0.4, -0.2) is 38.6 Å². The molecule has 11 heteroatoms. The number of nitrogens with zero attached hydrogens (tertiary/aromatic N) is 5. The summed E-state index contributed by atoms with van der Waals surface area (Å²) in [7, 11) is 0. The molecule has 2 aromatic carbocycles. The highest BCUT2D eigenvalue weighted by Gasteiger charge is 2.36. The maximum Gasteiger partial charge on any atom is 0.259 e. The number of hydrogen-bond acceptors (Lipinski definition) is 9. The van der Waals surface area contributed by atoms with Crippen molar-refractivity contribution < 1.29 is 18.6 Å². The third kappa shape index (κ3) is 4.76. The molecule has 10 nitrogen and oxygen atoms in total. The van der Waals surface area contributed by atoms with Gasteiger partial charge in [-0.05, 0) is 54.0 Å². The van der Waals surface area contributed by atoms with Crippen molar-refractivity contribution in [3.8, 4) is 11.6 Å². The third-order valence-corrected chi connectivity index (χ3v) is 5.34. The van der Waals surface area contributed by atoms with Crippen LogP contribution < -0.4 is 10.1 Å². The lowest BCUT2D eigenvalue weighted by atomic mass is 10.1. The highest BCUT2D eigenvalue weighted by atomic mass is 35.5. The molecule has 1 aliphatic rings. The lowest BCUT2D eigenvalue weighted by Gasteiger charge is -2.31. The summed E-state index contributed by atoms with van der Waals surface area (Å²) < 4.78 is 15.6. The maximum absolute atomic E-state index is 13.5. The Labute approximate surface area is 199 Å². The monoisotopic (exact) mass is 478 g/mol. The molecule has 0 radical (unpaired) electrons. The highest BCUT2D eigenvalue weighted by molar-refractivity contribution is 6.30. The second-order valence-electron chi connectivity index (χ2n) is 7.54. The van der Waals surface area contributed by atoms with Crippen LogP contribution in [0, 0.1) is 6.92 Å². The summed E-state index contributed by atoms with van der Waals surface area (Å²) in [6, 6.07) is 16.1. The minimum atomic E-state index is -0.655. The van der Waals surface area contributed by atoms with Crippen LogP contribution in [0.25, 0.3) is 0 Å². The van der Waals surface area contributed by atoms with Gasteiger partial charge >= 0.3 is 0 Å². The maximum atomic E-state index is 13.5. The van der Waals surface area contributed by atoms with Crippen molar-refractivity contribution in [1.29, 1.82) is 0 Å². The lowest BCUT2D eigenvalue weighted by molar-refractivity contribution is -0.130. The number of carbonyl (C=O) groups excluding carboxylic acids is 1. The van der Waals surface area contributed by atoms with Gasteiger partial charge in [-0.1, -0.05) is 28.9 Å². The molecule has 5 rings (SSSR count). The predicted molar refractivity (Wildman–Crippen MR) is 123 cm³/mol. The van der Waals surface area contributed by atoms with Crippen molar-refractivity contribution in [1.82, 2.24) is 20.2 Å². The van der Waals surface area contributed by atoms with Crippen LogP contribution >= 0.6 is 11.6 Å². The number of halogens is 1. The minimum Gasteiger partial charge on any atom is -0.436 e. The summed E-state index contributed by atoms with van der Waals surface area (Å²) in [5, 5.41) is 11.4. The van der Waals surface area contributed by atoms with Gasteiger partial charge in [-0.2, -0.15) is 4.98 Å². The Morgan fingerprint density at radius 3 is 2.59 bits per heavy atom. The summed E-state index contributed by atoms with van der Waals surface area (Å²) in [6.07, 6.45) is 1.43. The first kappa shape index (κ1) is 21.7. The zero-order valence-corrected chi connectivity index (χ0v) is 18.8. The molecule has 1 amide bonds. The van der Waals surface area contributed by atoms with E-state index in [2.05, 4.69) is 25.6 Å². The Morgan fingerprint density at radius 2 is 1.91 bits per heavy atom. The van der Waals surface area contributed by atoms with Crippen LogP contribution in [0.3, 0.4) is 0 Å². The smallest absolute Gasteiger partial charge is 0.259 e. The largest absolute Gasteiger partial charge is 0.436 e. The standard InChI is InChI=1S/C23H19ClN6O4/c1-14-26-21(34-28-14)19-12-25-23(30(22(19)31)13-15-2-4-16(24)5-3-15)27-17-6-8-18(9-7-17)33-20-10-11-32-29-20/h2-11,19H,12-13H2,1H3,(H,25,27). The molecule has 1 aliphatic heterocycles. The fraction of sp³-hybridized carbons (Fsp3) is 0.174. The average Bonchev–Trinajstić information content (AvgIpc) is 3.51. The molecule has 2 aromatic heterocycles. The van der Waals surface area contributed by atoms with E-state index in [9.17, 15) is 4.79 Å². The number of benzene rings is 2. The van der Waals surface area contributed by atoms with E-state index in [1.807, 2.05) is 24.3 Å². The summed E-state index contributed by atoms with van der Waals surface area (Å²) in [5.74, 6) is 1.23. The van der Waals surface area contributed by atoms with E-state index in [4.69, 9.17) is 25.4 Å². The number of aliphatic imine (C=N–C) groups is 1. The van der Waals surface area contributed by atoms with Gasteiger partial charge in [0.25, 0.3) is 5.88 Å². The van der Waals surface area contributed by atoms with Crippen LogP contribution in [0.1, 0.15) is 23.2 Å². The molecule has 0 saturated heterocycles. The van der Waals surface area contributed by atoms with E-state index in [1.165, 1.54) is 6.26 Å². The Hall–Kier alpha value is -4.18. The van der Waals surface area contributed by atoms with Crippen molar-refractivity contribution in [2.24, 2.45) is 4.99 Å². The molecule has 0 bridgehead atoms. The van der Waals surface area contributed by atoms with Gasteiger partial charge in [0.1, 0.15) is 17.9 Å². The van der Waals surface area contributed by atoms with Crippen molar-refractivity contribution >= 4 is 29.2 Å². The Morgan fingerprint density at radius 1 is 1.12 bits per heavy atom. The van der Waals surface area contributed by atoms with Crippen molar-refractivity contribution in [3.63, 3.8) is 0 Å². The first-order chi connectivity index (χ1) is 16.5. The number of amides is 1. The van der Waals surface area contributed by atoms with Gasteiger partial charge in [0, 0.05) is 16.8 Å². The molecule has 1 unspecified atom stereocenters. The number of guanidine groups is 1. The van der Waals surface area contributed by atoms with Crippen molar-refractivity contribution in [3.05, 3.63) is 83.2 Å². The van der Waals surface area contributed by atoms with E-state index in [0.29, 0.717) is 35.0 Å². The number of aryl methyl sites for hydroxylation is 1. The summed E-state index contributed by atoms with van der Waals surface area (Å²) >= 11 is 6.02. The highest BCUT2D eigenvalue weighted by Crippen LogP contribution is 2.26. The van der Waals surface area contributed by atoms with E-state index in [1.54, 1.807) is 42.2 Å². The van der Waals surface area contributed by atoms with Gasteiger partial charge in [-0.25, -0.2) is 0 Å². The number of hydrogen-bond donors (Lipinski definition) is 1. The number of ether oxygens (including phenoxy) is 1. The molecular weight excluding hydrogens is 460 g/mol. The molecule has 1 atom stereocenters. The second kappa shape index (κ2) is 9.36. The fourth-order valence-electron chi connectivity index (χ4n) is 3.41. The number of anilines is 1. The molecule has 0 saturated carbocycles. The van der Waals surface area contributed by atoms with Gasteiger partial charge in [-0.3, -0.25) is 14.7 Å². The number of carbonyl (C=O) groups is 1. The molecule has 0 aliphatic carbocycles. The summed E-state index contributed by atoms with van der Waals surface area (Å²) in [5.41, 5.74) is 1.62. The lowest BCUT2D eigenvalue weighted by Crippen LogP contribution is -2.47. The Bertz CT molecular complexity index is 1300. The van der Waals surface area contributed by atoms with Gasteiger partial charge in [0.05, 0.1) is 13.1 Å². The Kier molecular flexibility index (Phi) is 5.96. The van der Waals surface area contributed by atoms with E-state index in [0.717, 1.165) is 11.3 Å². The quantitative estimate of drug-likeness (QED) is 0.433. The van der Waals surface area contributed by atoms with E-state index < -0.39 is 5.92 Å². The summed E-state index contributed by atoms with van der Waals surface area (Å²) in [6.45, 7) is 2.18. The SMILES string of the molecule is Cc1noc(C2CN=C(Nc3ccc(Oc4ccon4)cc3)N(Cc3ccc(Cl)cc3)C2=O)n1. The minimum absolute atomic E-state index is 0.188. The number of rotatable bonds is 6. The van der Waals surface area contributed by atoms with E-state index >= 15 is 0 Å². The van der Waals surface area contributed by atoms with E-state index in [-0.39, 0.29) is 18.3 Å². The van der Waals surface area contributed by atoms with Crippen LogP contribution in [0.2, 0.25) is 5.02 Å². The summed E-state index contributed by atoms with van der Waals surface area (Å²) in [4.78, 5) is 23.9. The van der Waals surface area contributed by atoms with Gasteiger partial charge in [0.15, 0.2) is 5.82 Å². The zero-order chi connectivity index (χ0) is 23.5. The molecule has 1 N–H and O–H groups in total. The zero-order valence-electron chi connectivity index (χ0n) is 18.0. The normalized spacial score (nSPS) is 15.8. The predicted octanol–water partition coefficient (Wildman–Crippen LogP) is 4.41. The Balaban J connectivity index is 1.38. The third-order valence-electron chi connectivity index (χ3n) is 5.09. The van der Waals surface area contributed by atoms with Crippen LogP contribution in [0.4, 0.5) is 5.69 Å². The van der Waals surface area contributed by atoms with Crippen LogP contribution in [-0.2, 0) is 11.3 Å². The van der Waals surface area contributed by atoms with Gasteiger partial charge < -0.3 is 19.1 Å². The molecule has 34 heavy (non-hydrogen) atoms. The van der Waals surface area contributed by atoms with Gasteiger partial charge in [-0.15, -0.1) is 0 Å². The van der Waals surface area contributed by atoms with Crippen LogP contribution in [0.15, 0.2) is 74.9 Å². The van der Waals surface area contributed by atoms with Crippen molar-refractivity contribution in [2.45, 2.75) is 19.4 Å². The fourth-order valence-corrected chi connectivity index (χ4v) is 3.54. The first-order valence-corrected chi connectivity index (χ1v) is 10.8. The first-order valence-electron chi connectivity index (χ1n) is 10.4. The molecule has 172 valence electrons.